The van der Waals surface area contributed by atoms with Crippen LogP contribution in [-0.4, -0.2) is 73.6 Å². The maximum atomic E-state index is 13.8. The quantitative estimate of drug-likeness (QED) is 0.228. The number of allylic oxidation sites excluding steroid dienone is 2. The first-order chi connectivity index (χ1) is 21.0. The van der Waals surface area contributed by atoms with Crippen LogP contribution in [0, 0.1) is 5.92 Å². The highest BCUT2D eigenvalue weighted by atomic mass is 19.4. The van der Waals surface area contributed by atoms with Crippen LogP contribution < -0.4 is 21.5 Å². The highest BCUT2D eigenvalue weighted by Crippen LogP contribution is 2.33. The summed E-state index contributed by atoms with van der Waals surface area (Å²) in [7, 11) is 0. The van der Waals surface area contributed by atoms with Crippen LogP contribution >= 0.6 is 0 Å². The Balaban J connectivity index is 0.000000591. The number of aromatic nitrogens is 4. The Morgan fingerprint density at radius 1 is 1.02 bits per heavy atom. The van der Waals surface area contributed by atoms with Gasteiger partial charge < -0.3 is 19.9 Å². The van der Waals surface area contributed by atoms with Crippen LogP contribution in [0.5, 0.6) is 0 Å². The number of alkyl halides is 6. The molecule has 244 valence electrons. The summed E-state index contributed by atoms with van der Waals surface area (Å²) in [6, 6.07) is 8.10. The normalized spacial score (nSPS) is 18.0. The van der Waals surface area contributed by atoms with Gasteiger partial charge in [-0.3, -0.25) is 18.7 Å². The van der Waals surface area contributed by atoms with Crippen LogP contribution in [0.15, 0.2) is 51.6 Å². The number of Topliss-reactive ketones (excluding diaryl/α,β-unsaturated/α-hetero) is 1. The van der Waals surface area contributed by atoms with E-state index in [0.717, 1.165) is 18.5 Å². The lowest BCUT2D eigenvalue weighted by atomic mass is 10.1. The van der Waals surface area contributed by atoms with Gasteiger partial charge in [-0.2, -0.15) is 31.3 Å². The van der Waals surface area contributed by atoms with Gasteiger partial charge in [0.25, 0.3) is 5.56 Å². The van der Waals surface area contributed by atoms with Crippen molar-refractivity contribution in [1.82, 2.24) is 24.0 Å². The molecular formula is C28H30F6N6O5. The van der Waals surface area contributed by atoms with Gasteiger partial charge in [0.1, 0.15) is 6.54 Å². The topological polar surface area (TPSA) is 131 Å². The lowest BCUT2D eigenvalue weighted by Gasteiger charge is -2.25. The molecule has 2 N–H and O–H groups in total. The molecule has 2 fully saturated rings. The summed E-state index contributed by atoms with van der Waals surface area (Å²) < 4.78 is 75.4. The van der Waals surface area contributed by atoms with Crippen molar-refractivity contribution in [2.45, 2.75) is 58.3 Å². The third-order valence-corrected chi connectivity index (χ3v) is 7.46. The summed E-state index contributed by atoms with van der Waals surface area (Å²) in [6.07, 6.45) is -7.10. The van der Waals surface area contributed by atoms with E-state index >= 15 is 0 Å². The van der Waals surface area contributed by atoms with Crippen molar-refractivity contribution in [3.63, 3.8) is 0 Å². The Hall–Kier alpha value is -4.41. The molecule has 2 unspecified atom stereocenters. The van der Waals surface area contributed by atoms with Crippen molar-refractivity contribution < 1.29 is 41.0 Å². The fraction of sp³-hybridized carbons (Fsp3) is 0.464. The number of aliphatic carboxylic acids is 1. The number of hydrogen-bond acceptors (Lipinski definition) is 7. The van der Waals surface area contributed by atoms with Crippen LogP contribution in [0.2, 0.25) is 0 Å². The van der Waals surface area contributed by atoms with Crippen LogP contribution in [-0.2, 0) is 24.4 Å². The van der Waals surface area contributed by atoms with Gasteiger partial charge in [-0.1, -0.05) is 42.0 Å². The van der Waals surface area contributed by atoms with Crippen LogP contribution in [0.25, 0.3) is 11.2 Å². The van der Waals surface area contributed by atoms with Crippen LogP contribution in [0.1, 0.15) is 30.6 Å². The van der Waals surface area contributed by atoms with E-state index in [9.17, 15) is 40.7 Å². The van der Waals surface area contributed by atoms with E-state index in [1.807, 2.05) is 24.8 Å². The zero-order valence-electron chi connectivity index (χ0n) is 24.2. The summed E-state index contributed by atoms with van der Waals surface area (Å²) in [6.45, 7) is 3.79. The zero-order valence-corrected chi connectivity index (χ0v) is 24.2. The minimum absolute atomic E-state index is 0.0851. The molecule has 1 aromatic carbocycles. The molecule has 4 heterocycles. The zero-order chi connectivity index (χ0) is 33.3. The molecule has 0 saturated carbocycles. The van der Waals surface area contributed by atoms with Gasteiger partial charge in [-0.05, 0) is 26.2 Å². The lowest BCUT2D eigenvalue weighted by Crippen LogP contribution is -2.44. The predicted molar refractivity (Wildman–Crippen MR) is 150 cm³/mol. The molecule has 0 spiro atoms. The van der Waals surface area contributed by atoms with E-state index in [1.54, 1.807) is 22.8 Å². The second-order valence-electron chi connectivity index (χ2n) is 10.9. The minimum Gasteiger partial charge on any atom is -0.475 e. The molecule has 11 nitrogen and oxygen atoms in total. The lowest BCUT2D eigenvalue weighted by molar-refractivity contribution is -0.192. The number of carbonyl (C=O) groups excluding carboxylic acids is 1. The van der Waals surface area contributed by atoms with Crippen molar-refractivity contribution >= 4 is 28.9 Å². The second kappa shape index (κ2) is 12.9. The van der Waals surface area contributed by atoms with Gasteiger partial charge in [-0.25, -0.2) is 9.59 Å². The maximum absolute atomic E-state index is 13.8. The summed E-state index contributed by atoms with van der Waals surface area (Å²) in [5.41, 5.74) is -1.32. The number of fused-ring (bicyclic) bond motifs is 2. The molecule has 2 aromatic heterocycles. The Morgan fingerprint density at radius 3 is 2.24 bits per heavy atom. The molecule has 0 amide bonds. The van der Waals surface area contributed by atoms with Gasteiger partial charge in [0.15, 0.2) is 16.9 Å². The average molecular weight is 645 g/mol. The van der Waals surface area contributed by atoms with E-state index in [0.29, 0.717) is 34.1 Å². The Kier molecular flexibility index (Phi) is 9.60. The van der Waals surface area contributed by atoms with Crippen molar-refractivity contribution in [3.05, 3.63) is 68.4 Å². The number of nitrogens with zero attached hydrogens (tertiary/aromatic N) is 5. The molecule has 2 aliphatic rings. The molecule has 5 rings (SSSR count). The number of rotatable bonds is 7. The molecule has 2 aliphatic heterocycles. The van der Waals surface area contributed by atoms with Gasteiger partial charge in [0.2, 0.25) is 5.95 Å². The second-order valence-corrected chi connectivity index (χ2v) is 10.9. The van der Waals surface area contributed by atoms with E-state index in [-0.39, 0.29) is 29.3 Å². The molecular weight excluding hydrogens is 614 g/mol. The first-order valence-electron chi connectivity index (χ1n) is 13.8. The average Bonchev–Trinajstić information content (AvgIpc) is 3.67. The Labute approximate surface area is 251 Å². The molecule has 3 aromatic rings. The first-order valence-corrected chi connectivity index (χ1v) is 13.8. The Morgan fingerprint density at radius 2 is 1.67 bits per heavy atom. The van der Waals surface area contributed by atoms with Crippen LogP contribution in [0.4, 0.5) is 32.3 Å². The van der Waals surface area contributed by atoms with Crippen molar-refractivity contribution in [1.29, 1.82) is 0 Å². The number of carbonyl (C=O) groups is 2. The number of carboxylic acid groups (broad SMARTS) is 1. The Bertz CT molecular complexity index is 1720. The highest BCUT2D eigenvalue weighted by molar-refractivity contribution is 5.96. The fourth-order valence-electron chi connectivity index (χ4n) is 5.36. The van der Waals surface area contributed by atoms with Gasteiger partial charge in [0, 0.05) is 37.8 Å². The number of benzene rings is 1. The number of ketones is 1. The van der Waals surface area contributed by atoms with Crippen molar-refractivity contribution in [2.75, 3.05) is 24.5 Å². The monoisotopic (exact) mass is 644 g/mol. The van der Waals surface area contributed by atoms with Gasteiger partial charge >= 0.3 is 24.0 Å². The number of hydrogen-bond donors (Lipinski definition) is 2. The number of anilines is 1. The largest absolute Gasteiger partial charge is 0.490 e. The van der Waals surface area contributed by atoms with E-state index in [1.165, 1.54) is 12.1 Å². The van der Waals surface area contributed by atoms with E-state index in [4.69, 9.17) is 9.90 Å². The third-order valence-electron chi connectivity index (χ3n) is 7.46. The molecule has 45 heavy (non-hydrogen) atoms. The standard InChI is InChI=1S/C26H29F3N6O3.C2HF3O2/c1-16(2)8-10-33-21-22(31-24(33)32-11-9-18-12-30-13-19(18)32)35(15-26(27,28)29)25(38)34(23(21)37)14-20(36)17-6-4-3-5-7-17;3-2(4,5)1(6)7/h3-8,18-19,30H,9-15H2,1-2H3;(H,6,7). The first kappa shape index (κ1) is 33.5. The third kappa shape index (κ3) is 7.46. The van der Waals surface area contributed by atoms with Crippen molar-refractivity contribution in [3.8, 4) is 0 Å². The SMILES string of the molecule is CC(C)=CCn1c(N2CCC3CNCC32)nc2c1c(=O)n(CC(=O)c1ccccc1)c(=O)n2CC(F)(F)F.O=C(O)C(F)(F)F. The minimum atomic E-state index is -5.08. The smallest absolute Gasteiger partial charge is 0.475 e. The van der Waals surface area contributed by atoms with Crippen molar-refractivity contribution in [2.24, 2.45) is 5.92 Å². The maximum Gasteiger partial charge on any atom is 0.490 e. The molecule has 0 aliphatic carbocycles. The number of imidazole rings is 1. The summed E-state index contributed by atoms with van der Waals surface area (Å²) >= 11 is 0. The summed E-state index contributed by atoms with van der Waals surface area (Å²) in [5.74, 6) is -2.59. The van der Waals surface area contributed by atoms with Gasteiger partial charge in [0.05, 0.1) is 6.54 Å². The molecule has 0 radical (unpaired) electrons. The molecule has 2 atom stereocenters. The van der Waals surface area contributed by atoms with E-state index < -0.39 is 48.4 Å². The van der Waals surface area contributed by atoms with E-state index in [2.05, 4.69) is 10.3 Å². The van der Waals surface area contributed by atoms with Crippen LogP contribution in [0.3, 0.4) is 0 Å². The number of nitrogens with one attached hydrogen (secondary N) is 1. The molecule has 0 bridgehead atoms. The van der Waals surface area contributed by atoms with Gasteiger partial charge in [-0.15, -0.1) is 0 Å². The highest BCUT2D eigenvalue weighted by Gasteiger charge is 2.41. The fourth-order valence-corrected chi connectivity index (χ4v) is 5.36. The predicted octanol–water partition coefficient (Wildman–Crippen LogP) is 3.20. The number of carboxylic acids is 1. The number of halogens is 6. The summed E-state index contributed by atoms with van der Waals surface area (Å²) in [5, 5.41) is 10.5. The molecule has 2 saturated heterocycles. The molecule has 17 heteroatoms. The summed E-state index contributed by atoms with van der Waals surface area (Å²) in [4.78, 5) is 55.4.